The van der Waals surface area contributed by atoms with Gasteiger partial charge in [0.2, 0.25) is 6.67 Å². The molecule has 0 bridgehead atoms. The first-order valence-electron chi connectivity index (χ1n) is 19.1. The van der Waals surface area contributed by atoms with Crippen molar-refractivity contribution in [2.24, 2.45) is 0 Å². The number of hydrogen-bond acceptors (Lipinski definition) is 9. The van der Waals surface area contributed by atoms with Crippen LogP contribution in [0.25, 0.3) is 0 Å². The second kappa shape index (κ2) is 31.4. The molecule has 1 aliphatic rings. The van der Waals surface area contributed by atoms with Crippen molar-refractivity contribution in [3.05, 3.63) is 30.9 Å². The van der Waals surface area contributed by atoms with Gasteiger partial charge in [-0.2, -0.15) is 4.58 Å². The Labute approximate surface area is 296 Å². The molecule has 0 radical (unpaired) electrons. The molecule has 2 rings (SSSR count). The van der Waals surface area contributed by atoms with Crippen molar-refractivity contribution < 1.29 is 38.2 Å². The third-order valence-corrected chi connectivity index (χ3v) is 8.37. The van der Waals surface area contributed by atoms with Gasteiger partial charge in [-0.15, -0.1) is 0 Å². The standard InChI is InChI=1S/C38H66N4O7/c1-2-3-4-5-6-7-8-9-10-11-12-13-14-15-16-17-27-47-33-36(49-38-39-21-19-22-40-38)34-48-32-31-46-30-29-45-28-26-42-25-24-41(35-42)23-18-20-37(43)44/h19,21-25,36H,2-18,20,26-35H2,1H3/p+1. The van der Waals surface area contributed by atoms with Gasteiger partial charge in [-0.05, 0) is 12.5 Å². The van der Waals surface area contributed by atoms with Crippen LogP contribution in [0.15, 0.2) is 30.9 Å². The first-order valence-corrected chi connectivity index (χ1v) is 19.1. The van der Waals surface area contributed by atoms with Crippen LogP contribution in [0.3, 0.4) is 0 Å². The van der Waals surface area contributed by atoms with E-state index in [2.05, 4.69) is 21.8 Å². The van der Waals surface area contributed by atoms with Crippen molar-refractivity contribution in [3.63, 3.8) is 0 Å². The van der Waals surface area contributed by atoms with Crippen LogP contribution in [0, 0.1) is 0 Å². The maximum absolute atomic E-state index is 10.6. The summed E-state index contributed by atoms with van der Waals surface area (Å²) in [6.45, 7) is 7.77. The van der Waals surface area contributed by atoms with Crippen LogP contribution in [-0.2, 0) is 23.7 Å². The molecule has 0 saturated heterocycles. The molecule has 1 atom stereocenters. The van der Waals surface area contributed by atoms with Gasteiger partial charge in [0.05, 0.1) is 58.9 Å². The molecule has 0 saturated carbocycles. The fourth-order valence-electron chi connectivity index (χ4n) is 5.52. The molecule has 0 aromatic carbocycles. The molecule has 11 heteroatoms. The molecular weight excluding hydrogens is 624 g/mol. The van der Waals surface area contributed by atoms with Gasteiger partial charge in [0.15, 0.2) is 6.20 Å². The summed E-state index contributed by atoms with van der Waals surface area (Å²) in [6, 6.07) is 2.08. The van der Waals surface area contributed by atoms with Crippen LogP contribution in [0.2, 0.25) is 0 Å². The SMILES string of the molecule is CCCCCCCCCCCCCCCCCCOCC(COCCOCCOCCN1C=C[N+](=CCCC(=O)O)C1)Oc1ncccn1. The lowest BCUT2D eigenvalue weighted by molar-refractivity contribution is -0.460. The lowest BCUT2D eigenvalue weighted by atomic mass is 10.0. The number of aliphatic carboxylic acids is 1. The summed E-state index contributed by atoms with van der Waals surface area (Å²) in [4.78, 5) is 21.1. The molecule has 0 aliphatic carbocycles. The van der Waals surface area contributed by atoms with E-state index in [1.807, 2.05) is 23.2 Å². The molecule has 11 nitrogen and oxygen atoms in total. The Morgan fingerprint density at radius 3 is 1.90 bits per heavy atom. The van der Waals surface area contributed by atoms with Crippen molar-refractivity contribution in [1.82, 2.24) is 14.9 Å². The predicted molar refractivity (Wildman–Crippen MR) is 193 cm³/mol. The molecule has 1 aromatic heterocycles. The van der Waals surface area contributed by atoms with Crippen LogP contribution >= 0.6 is 0 Å². The van der Waals surface area contributed by atoms with E-state index in [9.17, 15) is 4.79 Å². The highest BCUT2D eigenvalue weighted by Gasteiger charge is 2.15. The van der Waals surface area contributed by atoms with Crippen LogP contribution in [0.1, 0.15) is 122 Å². The molecule has 0 spiro atoms. The highest BCUT2D eigenvalue weighted by atomic mass is 16.6. The van der Waals surface area contributed by atoms with Crippen LogP contribution in [-0.4, -0.2) is 109 Å². The van der Waals surface area contributed by atoms with E-state index in [1.54, 1.807) is 18.5 Å². The topological polar surface area (TPSA) is 115 Å². The van der Waals surface area contributed by atoms with Gasteiger partial charge >= 0.3 is 12.0 Å². The van der Waals surface area contributed by atoms with E-state index >= 15 is 0 Å². The van der Waals surface area contributed by atoms with Crippen molar-refractivity contribution in [3.8, 4) is 6.01 Å². The summed E-state index contributed by atoms with van der Waals surface area (Å²) >= 11 is 0. The van der Waals surface area contributed by atoms with E-state index < -0.39 is 5.97 Å². The molecule has 1 N–H and O–H groups in total. The number of carboxylic acid groups (broad SMARTS) is 1. The van der Waals surface area contributed by atoms with E-state index in [4.69, 9.17) is 28.8 Å². The zero-order chi connectivity index (χ0) is 34.9. The molecule has 1 aromatic rings. The minimum absolute atomic E-state index is 0.142. The molecule has 0 fully saturated rings. The summed E-state index contributed by atoms with van der Waals surface area (Å²) in [6.07, 6.45) is 31.2. The van der Waals surface area contributed by atoms with Crippen molar-refractivity contribution in [1.29, 1.82) is 0 Å². The average Bonchev–Trinajstić information content (AvgIpc) is 3.56. The number of carboxylic acids is 1. The van der Waals surface area contributed by atoms with Crippen LogP contribution in [0.4, 0.5) is 0 Å². The zero-order valence-corrected chi connectivity index (χ0v) is 30.5. The largest absolute Gasteiger partial charge is 0.481 e. The Hall–Kier alpha value is -2.60. The molecule has 1 aliphatic heterocycles. The monoisotopic (exact) mass is 692 g/mol. The predicted octanol–water partition coefficient (Wildman–Crippen LogP) is 7.24. The zero-order valence-electron chi connectivity index (χ0n) is 30.5. The lowest BCUT2D eigenvalue weighted by Gasteiger charge is -2.18. The number of aromatic nitrogens is 2. The van der Waals surface area contributed by atoms with Gasteiger partial charge in [-0.3, -0.25) is 4.79 Å². The number of nitrogens with zero attached hydrogens (tertiary/aromatic N) is 4. The Bertz CT molecular complexity index is 967. The van der Waals surface area contributed by atoms with Gasteiger partial charge in [0.1, 0.15) is 12.3 Å². The number of unbranched alkanes of at least 4 members (excludes halogenated alkanes) is 15. The Morgan fingerprint density at radius 2 is 1.31 bits per heavy atom. The molecule has 49 heavy (non-hydrogen) atoms. The number of rotatable bonds is 35. The Balaban J connectivity index is 1.41. The first kappa shape index (κ1) is 42.6. The third kappa shape index (κ3) is 26.0. The number of carbonyl (C=O) groups is 1. The summed E-state index contributed by atoms with van der Waals surface area (Å²) < 4.78 is 31.0. The van der Waals surface area contributed by atoms with Gasteiger partial charge in [0, 0.05) is 32.0 Å². The summed E-state index contributed by atoms with van der Waals surface area (Å²) in [5.74, 6) is -0.782. The molecular formula is C38H67N4O7+. The summed E-state index contributed by atoms with van der Waals surface area (Å²) in [7, 11) is 0. The van der Waals surface area contributed by atoms with Crippen LogP contribution in [0.5, 0.6) is 6.01 Å². The van der Waals surface area contributed by atoms with Crippen molar-refractivity contribution in [2.45, 2.75) is 129 Å². The highest BCUT2D eigenvalue weighted by Crippen LogP contribution is 2.14. The second-order valence-electron chi connectivity index (χ2n) is 12.8. The number of hydrogen-bond donors (Lipinski definition) is 1. The normalized spacial score (nSPS) is 14.2. The minimum atomic E-state index is -0.782. The average molecular weight is 692 g/mol. The maximum Gasteiger partial charge on any atom is 0.316 e. The Morgan fingerprint density at radius 1 is 0.776 bits per heavy atom. The molecule has 0 amide bonds. The fourth-order valence-corrected chi connectivity index (χ4v) is 5.52. The van der Waals surface area contributed by atoms with Crippen molar-refractivity contribution >= 4 is 12.2 Å². The lowest BCUT2D eigenvalue weighted by Crippen LogP contribution is -2.30. The molecule has 280 valence electrons. The third-order valence-electron chi connectivity index (χ3n) is 8.37. The quantitative estimate of drug-likeness (QED) is 0.0577. The summed E-state index contributed by atoms with van der Waals surface area (Å²) in [5, 5.41) is 8.75. The van der Waals surface area contributed by atoms with Crippen LogP contribution < -0.4 is 4.74 Å². The van der Waals surface area contributed by atoms with Gasteiger partial charge in [-0.25, -0.2) is 9.97 Å². The van der Waals surface area contributed by atoms with Crippen molar-refractivity contribution in [2.75, 3.05) is 66.1 Å². The molecule has 2 heterocycles. The first-order chi connectivity index (χ1) is 24.2. The fraction of sp³-hybridized carbons (Fsp3) is 0.789. The van der Waals surface area contributed by atoms with E-state index in [-0.39, 0.29) is 12.5 Å². The van der Waals surface area contributed by atoms with E-state index in [0.29, 0.717) is 72.0 Å². The molecule has 1 unspecified atom stereocenters. The second-order valence-corrected chi connectivity index (χ2v) is 12.8. The number of ether oxygens (including phenoxy) is 5. The van der Waals surface area contributed by atoms with Gasteiger partial charge in [0.25, 0.3) is 0 Å². The minimum Gasteiger partial charge on any atom is -0.481 e. The van der Waals surface area contributed by atoms with Gasteiger partial charge in [-0.1, -0.05) is 103 Å². The summed E-state index contributed by atoms with van der Waals surface area (Å²) in [5.41, 5.74) is 0. The maximum atomic E-state index is 10.6. The van der Waals surface area contributed by atoms with E-state index in [0.717, 1.165) is 13.0 Å². The van der Waals surface area contributed by atoms with E-state index in [1.165, 1.54) is 96.3 Å². The highest BCUT2D eigenvalue weighted by molar-refractivity contribution is 5.70. The van der Waals surface area contributed by atoms with Gasteiger partial charge < -0.3 is 33.7 Å². The smallest absolute Gasteiger partial charge is 0.316 e. The Kier molecular flexibility index (Phi) is 27.3.